The van der Waals surface area contributed by atoms with Crippen molar-refractivity contribution in [2.75, 3.05) is 19.0 Å². The summed E-state index contributed by atoms with van der Waals surface area (Å²) in [5, 5.41) is 26.6. The number of nitrogens with zero attached hydrogens (tertiary/aromatic N) is 2. The topological polar surface area (TPSA) is 117 Å². The number of carbonyl (C=O) groups excluding carboxylic acids is 1. The molecule has 32 heavy (non-hydrogen) atoms. The molecule has 0 saturated heterocycles. The van der Waals surface area contributed by atoms with Crippen molar-refractivity contribution in [1.29, 1.82) is 0 Å². The molecule has 0 bridgehead atoms. The summed E-state index contributed by atoms with van der Waals surface area (Å²) >= 11 is 0. The van der Waals surface area contributed by atoms with E-state index in [0.29, 0.717) is 28.3 Å². The van der Waals surface area contributed by atoms with E-state index in [9.17, 15) is 15.0 Å². The number of para-hydroxylation sites is 1. The first kappa shape index (κ1) is 22.0. The van der Waals surface area contributed by atoms with E-state index in [1.54, 1.807) is 31.5 Å². The summed E-state index contributed by atoms with van der Waals surface area (Å²) in [6.45, 7) is -0.258. The van der Waals surface area contributed by atoms with Crippen molar-refractivity contribution >= 4 is 22.8 Å². The first-order chi connectivity index (χ1) is 15.6. The Labute approximate surface area is 186 Å². The average Bonchev–Trinajstić information content (AvgIpc) is 2.83. The van der Waals surface area contributed by atoms with Crippen LogP contribution in [0.5, 0.6) is 5.75 Å². The van der Waals surface area contributed by atoms with E-state index in [-0.39, 0.29) is 24.7 Å². The Morgan fingerprint density at radius 3 is 2.72 bits per heavy atom. The van der Waals surface area contributed by atoms with Crippen molar-refractivity contribution in [3.8, 4) is 5.75 Å². The lowest BCUT2D eigenvalue weighted by atomic mass is 9.93. The third-order valence-electron chi connectivity index (χ3n) is 5.88. The lowest BCUT2D eigenvalue weighted by molar-refractivity contribution is 0.0915. The van der Waals surface area contributed by atoms with Gasteiger partial charge in [0.05, 0.1) is 31.4 Å². The van der Waals surface area contributed by atoms with Crippen LogP contribution in [0, 0.1) is 0 Å². The maximum absolute atomic E-state index is 12.9. The highest BCUT2D eigenvalue weighted by atomic mass is 16.5. The molecular weight excluding hydrogens is 408 g/mol. The van der Waals surface area contributed by atoms with Gasteiger partial charge in [0, 0.05) is 28.8 Å². The predicted molar refractivity (Wildman–Crippen MR) is 122 cm³/mol. The third-order valence-corrected chi connectivity index (χ3v) is 5.88. The van der Waals surface area contributed by atoms with Gasteiger partial charge in [-0.3, -0.25) is 4.79 Å². The summed E-state index contributed by atoms with van der Waals surface area (Å²) in [4.78, 5) is 21.9. The Balaban J connectivity index is 1.51. The molecule has 1 aliphatic carbocycles. The van der Waals surface area contributed by atoms with Gasteiger partial charge in [-0.1, -0.05) is 24.3 Å². The van der Waals surface area contributed by atoms with E-state index in [1.165, 1.54) is 0 Å². The highest BCUT2D eigenvalue weighted by Crippen LogP contribution is 2.25. The number of anilines is 1. The maximum atomic E-state index is 12.9. The summed E-state index contributed by atoms with van der Waals surface area (Å²) in [5.41, 5.74) is 1.80. The standard InChI is InChI=1S/C24H28N4O4/c1-32-22-5-3-2-4-19(22)21(14-29)27-23(31)15-6-7-16-13-25-24(28-20(16)12-15)26-17-8-10-18(30)11-9-17/h2-7,12-13,17-18,21,29-30H,8-11,14H2,1H3,(H,27,31)(H,25,26,28). The van der Waals surface area contributed by atoms with Crippen LogP contribution in [-0.4, -0.2) is 52.0 Å². The van der Waals surface area contributed by atoms with Gasteiger partial charge in [0.1, 0.15) is 5.75 Å². The van der Waals surface area contributed by atoms with Crippen molar-refractivity contribution in [2.45, 2.75) is 43.9 Å². The molecular formula is C24H28N4O4. The number of hydrogen-bond acceptors (Lipinski definition) is 7. The molecule has 4 N–H and O–H groups in total. The molecule has 4 rings (SSSR count). The Kier molecular flexibility index (Phi) is 6.82. The van der Waals surface area contributed by atoms with Crippen LogP contribution in [0.15, 0.2) is 48.7 Å². The zero-order chi connectivity index (χ0) is 22.5. The number of methoxy groups -OCH3 is 1. The van der Waals surface area contributed by atoms with Crippen molar-refractivity contribution < 1.29 is 19.7 Å². The molecule has 1 aliphatic rings. The van der Waals surface area contributed by atoms with Crippen LogP contribution in [0.1, 0.15) is 47.6 Å². The van der Waals surface area contributed by atoms with Gasteiger partial charge in [-0.05, 0) is 43.9 Å². The Hall–Kier alpha value is -3.23. The number of aromatic nitrogens is 2. The second-order valence-electron chi connectivity index (χ2n) is 8.07. The average molecular weight is 437 g/mol. The number of aliphatic hydroxyl groups is 2. The molecule has 1 amide bonds. The van der Waals surface area contributed by atoms with Gasteiger partial charge in [0.15, 0.2) is 0 Å². The second kappa shape index (κ2) is 9.93. The van der Waals surface area contributed by atoms with Crippen LogP contribution in [0.25, 0.3) is 10.9 Å². The van der Waals surface area contributed by atoms with E-state index in [4.69, 9.17) is 4.74 Å². The number of aliphatic hydroxyl groups excluding tert-OH is 2. The van der Waals surface area contributed by atoms with Gasteiger partial charge in [0.2, 0.25) is 5.95 Å². The third kappa shape index (κ3) is 4.98. The van der Waals surface area contributed by atoms with Crippen molar-refractivity contribution in [3.63, 3.8) is 0 Å². The monoisotopic (exact) mass is 436 g/mol. The lowest BCUT2D eigenvalue weighted by Crippen LogP contribution is -2.31. The number of hydrogen-bond donors (Lipinski definition) is 4. The summed E-state index contributed by atoms with van der Waals surface area (Å²) in [6.07, 6.45) is 4.80. The van der Waals surface area contributed by atoms with Gasteiger partial charge < -0.3 is 25.6 Å². The van der Waals surface area contributed by atoms with Gasteiger partial charge in [0.25, 0.3) is 5.91 Å². The van der Waals surface area contributed by atoms with Gasteiger partial charge in [-0.25, -0.2) is 9.97 Å². The Bertz CT molecular complexity index is 1080. The number of nitrogens with one attached hydrogen (secondary N) is 2. The van der Waals surface area contributed by atoms with Gasteiger partial charge in [-0.15, -0.1) is 0 Å². The SMILES string of the molecule is COc1ccccc1C(CO)NC(=O)c1ccc2cnc(NC3CCC(O)CC3)nc2c1. The highest BCUT2D eigenvalue weighted by molar-refractivity contribution is 5.98. The van der Waals surface area contributed by atoms with E-state index in [0.717, 1.165) is 31.1 Å². The first-order valence-corrected chi connectivity index (χ1v) is 10.8. The molecule has 0 spiro atoms. The quantitative estimate of drug-likeness (QED) is 0.450. The smallest absolute Gasteiger partial charge is 0.251 e. The summed E-state index contributed by atoms with van der Waals surface area (Å²) < 4.78 is 5.35. The summed E-state index contributed by atoms with van der Waals surface area (Å²) in [7, 11) is 1.55. The number of benzene rings is 2. The number of fused-ring (bicyclic) bond motifs is 1. The predicted octanol–water partition coefficient (Wildman–Crippen LogP) is 2.82. The largest absolute Gasteiger partial charge is 0.496 e. The van der Waals surface area contributed by atoms with Gasteiger partial charge >= 0.3 is 0 Å². The molecule has 1 atom stereocenters. The molecule has 1 fully saturated rings. The van der Waals surface area contributed by atoms with Crippen LogP contribution < -0.4 is 15.4 Å². The van der Waals surface area contributed by atoms with Crippen LogP contribution >= 0.6 is 0 Å². The molecule has 1 saturated carbocycles. The molecule has 1 heterocycles. The summed E-state index contributed by atoms with van der Waals surface area (Å²) in [5.74, 6) is 0.800. The molecule has 2 aromatic carbocycles. The fraction of sp³-hybridized carbons (Fsp3) is 0.375. The highest BCUT2D eigenvalue weighted by Gasteiger charge is 2.21. The van der Waals surface area contributed by atoms with E-state index in [1.807, 2.05) is 24.3 Å². The molecule has 8 heteroatoms. The second-order valence-corrected chi connectivity index (χ2v) is 8.07. The Morgan fingerprint density at radius 2 is 1.97 bits per heavy atom. The molecule has 168 valence electrons. The molecule has 1 aromatic heterocycles. The zero-order valence-electron chi connectivity index (χ0n) is 18.0. The van der Waals surface area contributed by atoms with Gasteiger partial charge in [-0.2, -0.15) is 0 Å². The lowest BCUT2D eigenvalue weighted by Gasteiger charge is -2.26. The zero-order valence-corrected chi connectivity index (χ0v) is 18.0. The van der Waals surface area contributed by atoms with Crippen LogP contribution in [0.3, 0.4) is 0 Å². The number of amides is 1. The fourth-order valence-corrected chi connectivity index (χ4v) is 4.05. The summed E-state index contributed by atoms with van der Waals surface area (Å²) in [6, 6.07) is 12.2. The molecule has 3 aromatic rings. The van der Waals surface area contributed by atoms with E-state index in [2.05, 4.69) is 20.6 Å². The minimum Gasteiger partial charge on any atom is -0.496 e. The van der Waals surface area contributed by atoms with E-state index >= 15 is 0 Å². The molecule has 0 radical (unpaired) electrons. The van der Waals surface area contributed by atoms with Crippen molar-refractivity contribution in [2.24, 2.45) is 0 Å². The molecule has 1 unspecified atom stereocenters. The van der Waals surface area contributed by atoms with Crippen molar-refractivity contribution in [1.82, 2.24) is 15.3 Å². The van der Waals surface area contributed by atoms with Crippen LogP contribution in [-0.2, 0) is 0 Å². The van der Waals surface area contributed by atoms with E-state index < -0.39 is 6.04 Å². The van der Waals surface area contributed by atoms with Crippen molar-refractivity contribution in [3.05, 3.63) is 59.8 Å². The molecule has 0 aliphatic heterocycles. The maximum Gasteiger partial charge on any atom is 0.251 e. The normalized spacial score (nSPS) is 19.3. The number of ether oxygens (including phenoxy) is 1. The van der Waals surface area contributed by atoms with Crippen LogP contribution in [0.2, 0.25) is 0 Å². The minimum absolute atomic E-state index is 0.217. The fourth-order valence-electron chi connectivity index (χ4n) is 4.05. The number of carbonyl (C=O) groups is 1. The minimum atomic E-state index is -0.598. The Morgan fingerprint density at radius 1 is 1.19 bits per heavy atom. The number of rotatable bonds is 7. The molecule has 8 nitrogen and oxygen atoms in total. The first-order valence-electron chi connectivity index (χ1n) is 10.8. The van der Waals surface area contributed by atoms with Crippen LogP contribution in [0.4, 0.5) is 5.95 Å².